The van der Waals surface area contributed by atoms with Crippen molar-refractivity contribution < 1.29 is 26.3 Å². The van der Waals surface area contributed by atoms with Crippen molar-refractivity contribution in [2.45, 2.75) is 38.7 Å². The SMILES string of the molecule is Cc1cccc(C)c1CC(NN)C(C(F)(F)F)C(F)(F)F. The van der Waals surface area contributed by atoms with Crippen LogP contribution in [0.1, 0.15) is 16.7 Å². The van der Waals surface area contributed by atoms with Gasteiger partial charge in [0.25, 0.3) is 0 Å². The van der Waals surface area contributed by atoms with Gasteiger partial charge in [-0.3, -0.25) is 11.3 Å². The van der Waals surface area contributed by atoms with E-state index >= 15 is 0 Å². The van der Waals surface area contributed by atoms with E-state index in [1.165, 1.54) is 0 Å². The van der Waals surface area contributed by atoms with Gasteiger partial charge in [0.1, 0.15) is 0 Å². The molecule has 1 aromatic carbocycles. The van der Waals surface area contributed by atoms with Gasteiger partial charge in [-0.25, -0.2) is 0 Å². The zero-order chi connectivity index (χ0) is 16.4. The molecule has 0 heterocycles. The quantitative estimate of drug-likeness (QED) is 0.508. The van der Waals surface area contributed by atoms with Gasteiger partial charge in [-0.1, -0.05) is 18.2 Å². The Morgan fingerprint density at radius 3 is 1.76 bits per heavy atom. The Hall–Kier alpha value is -1.28. The molecule has 1 unspecified atom stereocenters. The van der Waals surface area contributed by atoms with Crippen LogP contribution in [-0.2, 0) is 6.42 Å². The van der Waals surface area contributed by atoms with Crippen LogP contribution in [0.25, 0.3) is 0 Å². The van der Waals surface area contributed by atoms with Crippen LogP contribution < -0.4 is 11.3 Å². The number of alkyl halides is 6. The lowest BCUT2D eigenvalue weighted by atomic mass is 9.89. The molecule has 1 rings (SSSR count). The second-order valence-corrected chi connectivity index (χ2v) is 4.91. The monoisotopic (exact) mass is 314 g/mol. The summed E-state index contributed by atoms with van der Waals surface area (Å²) in [5, 5.41) is 0. The van der Waals surface area contributed by atoms with Crippen molar-refractivity contribution >= 4 is 0 Å². The minimum atomic E-state index is -5.42. The summed E-state index contributed by atoms with van der Waals surface area (Å²) in [6.07, 6.45) is -11.3. The van der Waals surface area contributed by atoms with E-state index in [4.69, 9.17) is 5.84 Å². The van der Waals surface area contributed by atoms with Gasteiger partial charge in [0.2, 0.25) is 0 Å². The molecule has 2 nitrogen and oxygen atoms in total. The summed E-state index contributed by atoms with van der Waals surface area (Å²) in [5.74, 6) is 1.45. The van der Waals surface area contributed by atoms with Crippen molar-refractivity contribution in [1.29, 1.82) is 0 Å². The number of hydrogen-bond acceptors (Lipinski definition) is 2. The average Bonchev–Trinajstić information content (AvgIpc) is 2.28. The number of hydrogen-bond donors (Lipinski definition) is 2. The van der Waals surface area contributed by atoms with Crippen LogP contribution in [0.15, 0.2) is 18.2 Å². The number of nitrogens with one attached hydrogen (secondary N) is 1. The standard InChI is InChI=1S/C13H16F6N2/c1-7-4-3-5-8(2)9(7)6-10(21-20)11(12(14,15)16)13(17,18)19/h3-5,10-11,21H,6,20H2,1-2H3. The maximum atomic E-state index is 12.7. The Kier molecular flexibility index (Phi) is 5.27. The van der Waals surface area contributed by atoms with Gasteiger partial charge in [-0.15, -0.1) is 0 Å². The fourth-order valence-electron chi connectivity index (χ4n) is 2.31. The Balaban J connectivity index is 3.17. The molecule has 0 bridgehead atoms. The number of halogens is 6. The molecule has 0 saturated carbocycles. The highest BCUT2D eigenvalue weighted by atomic mass is 19.4. The van der Waals surface area contributed by atoms with Gasteiger partial charge in [-0.2, -0.15) is 26.3 Å². The summed E-state index contributed by atoms with van der Waals surface area (Å²) >= 11 is 0. The summed E-state index contributed by atoms with van der Waals surface area (Å²) < 4.78 is 76.4. The Morgan fingerprint density at radius 2 is 1.43 bits per heavy atom. The normalized spacial score (nSPS) is 14.6. The van der Waals surface area contributed by atoms with Crippen LogP contribution in [0.4, 0.5) is 26.3 Å². The van der Waals surface area contributed by atoms with E-state index in [0.29, 0.717) is 16.7 Å². The third kappa shape index (κ3) is 4.34. The highest BCUT2D eigenvalue weighted by Gasteiger charge is 2.60. The van der Waals surface area contributed by atoms with Gasteiger partial charge in [0, 0.05) is 6.04 Å². The van der Waals surface area contributed by atoms with Crippen molar-refractivity contribution in [3.05, 3.63) is 34.9 Å². The van der Waals surface area contributed by atoms with Crippen molar-refractivity contribution in [2.75, 3.05) is 0 Å². The zero-order valence-electron chi connectivity index (χ0n) is 11.4. The molecule has 1 aromatic rings. The van der Waals surface area contributed by atoms with E-state index in [2.05, 4.69) is 0 Å². The third-order valence-electron chi connectivity index (χ3n) is 3.39. The maximum absolute atomic E-state index is 12.7. The van der Waals surface area contributed by atoms with Crippen molar-refractivity contribution in [1.82, 2.24) is 5.43 Å². The molecule has 0 fully saturated rings. The first-order valence-electron chi connectivity index (χ1n) is 6.13. The lowest BCUT2D eigenvalue weighted by molar-refractivity contribution is -0.291. The first-order valence-corrected chi connectivity index (χ1v) is 6.13. The highest BCUT2D eigenvalue weighted by molar-refractivity contribution is 5.34. The van der Waals surface area contributed by atoms with E-state index < -0.39 is 30.7 Å². The second-order valence-electron chi connectivity index (χ2n) is 4.91. The molecule has 0 aliphatic heterocycles. The number of hydrazine groups is 1. The molecule has 0 aliphatic carbocycles. The fourth-order valence-corrected chi connectivity index (χ4v) is 2.31. The van der Waals surface area contributed by atoms with E-state index in [0.717, 1.165) is 0 Å². The van der Waals surface area contributed by atoms with E-state index in [1.807, 2.05) is 0 Å². The summed E-state index contributed by atoms with van der Waals surface area (Å²) in [7, 11) is 0. The van der Waals surface area contributed by atoms with Crippen LogP contribution in [-0.4, -0.2) is 18.4 Å². The lowest BCUT2D eigenvalue weighted by Crippen LogP contribution is -2.54. The van der Waals surface area contributed by atoms with Gasteiger partial charge < -0.3 is 0 Å². The predicted molar refractivity (Wildman–Crippen MR) is 66.3 cm³/mol. The summed E-state index contributed by atoms with van der Waals surface area (Å²) in [6.45, 7) is 3.26. The van der Waals surface area contributed by atoms with Crippen molar-refractivity contribution in [3.63, 3.8) is 0 Å². The first-order chi connectivity index (χ1) is 9.48. The molecule has 0 saturated heterocycles. The molecule has 0 amide bonds. The molecule has 0 aliphatic rings. The molecule has 120 valence electrons. The van der Waals surface area contributed by atoms with Crippen molar-refractivity contribution in [2.24, 2.45) is 11.8 Å². The smallest absolute Gasteiger partial charge is 0.271 e. The Bertz CT molecular complexity index is 446. The van der Waals surface area contributed by atoms with E-state index in [-0.39, 0.29) is 0 Å². The zero-order valence-corrected chi connectivity index (χ0v) is 11.4. The first kappa shape index (κ1) is 17.8. The van der Waals surface area contributed by atoms with Crippen LogP contribution in [0.3, 0.4) is 0 Å². The van der Waals surface area contributed by atoms with E-state index in [9.17, 15) is 26.3 Å². The molecule has 8 heteroatoms. The van der Waals surface area contributed by atoms with Crippen LogP contribution in [0.5, 0.6) is 0 Å². The van der Waals surface area contributed by atoms with E-state index in [1.54, 1.807) is 37.5 Å². The highest BCUT2D eigenvalue weighted by Crippen LogP contribution is 2.42. The minimum absolute atomic E-state index is 0.430. The van der Waals surface area contributed by atoms with Crippen LogP contribution in [0, 0.1) is 19.8 Å². The molecule has 0 aromatic heterocycles. The summed E-state index contributed by atoms with van der Waals surface area (Å²) in [4.78, 5) is 0. The molecular formula is C13H16F6N2. The number of nitrogens with two attached hydrogens (primary N) is 1. The Morgan fingerprint density at radius 1 is 1.00 bits per heavy atom. The molecule has 0 spiro atoms. The fraction of sp³-hybridized carbons (Fsp3) is 0.538. The third-order valence-corrected chi connectivity index (χ3v) is 3.39. The minimum Gasteiger partial charge on any atom is -0.271 e. The van der Waals surface area contributed by atoms with Gasteiger partial charge >= 0.3 is 12.4 Å². The summed E-state index contributed by atoms with van der Waals surface area (Å²) in [5.41, 5.74) is 3.35. The topological polar surface area (TPSA) is 38.0 Å². The number of rotatable bonds is 4. The lowest BCUT2D eigenvalue weighted by Gasteiger charge is -2.31. The molecule has 21 heavy (non-hydrogen) atoms. The van der Waals surface area contributed by atoms with Gasteiger partial charge in [0.05, 0.1) is 0 Å². The Labute approximate surface area is 118 Å². The number of benzene rings is 1. The van der Waals surface area contributed by atoms with Crippen molar-refractivity contribution in [3.8, 4) is 0 Å². The maximum Gasteiger partial charge on any atom is 0.402 e. The van der Waals surface area contributed by atoms with Crippen LogP contribution >= 0.6 is 0 Å². The second kappa shape index (κ2) is 6.23. The molecule has 3 N–H and O–H groups in total. The van der Waals surface area contributed by atoms with Gasteiger partial charge in [-0.05, 0) is 37.0 Å². The van der Waals surface area contributed by atoms with Gasteiger partial charge in [0.15, 0.2) is 5.92 Å². The molecular weight excluding hydrogens is 298 g/mol. The average molecular weight is 314 g/mol. The molecule has 1 atom stereocenters. The molecule has 0 radical (unpaired) electrons. The predicted octanol–water partition coefficient (Wildman–Crippen LogP) is 3.42. The number of aryl methyl sites for hydroxylation is 2. The van der Waals surface area contributed by atoms with Crippen LogP contribution in [0.2, 0.25) is 0 Å². The largest absolute Gasteiger partial charge is 0.402 e. The summed E-state index contributed by atoms with van der Waals surface area (Å²) in [6, 6.07) is 2.96.